The van der Waals surface area contributed by atoms with Gasteiger partial charge in [0.2, 0.25) is 5.91 Å². The van der Waals surface area contributed by atoms with Gasteiger partial charge in [-0.2, -0.15) is 0 Å². The third kappa shape index (κ3) is 5.24. The second-order valence-electron chi connectivity index (χ2n) is 11.2. The average Bonchev–Trinajstić information content (AvgIpc) is 3.65. The summed E-state index contributed by atoms with van der Waals surface area (Å²) < 4.78 is 0. The van der Waals surface area contributed by atoms with Crippen LogP contribution in [0.5, 0.6) is 0 Å². The summed E-state index contributed by atoms with van der Waals surface area (Å²) in [6, 6.07) is 11.3. The van der Waals surface area contributed by atoms with Crippen LogP contribution in [0.25, 0.3) is 21.3 Å². The zero-order valence-corrected chi connectivity index (χ0v) is 22.9. The quantitative estimate of drug-likeness (QED) is 0.464. The van der Waals surface area contributed by atoms with Crippen LogP contribution < -0.4 is 4.90 Å². The highest BCUT2D eigenvalue weighted by molar-refractivity contribution is 7.17. The predicted octanol–water partition coefficient (Wildman–Crippen LogP) is 4.33. The molecule has 5 heterocycles. The van der Waals surface area contributed by atoms with Gasteiger partial charge in [-0.25, -0.2) is 9.97 Å². The van der Waals surface area contributed by atoms with Gasteiger partial charge >= 0.3 is 0 Å². The van der Waals surface area contributed by atoms with Gasteiger partial charge in [-0.15, -0.1) is 11.3 Å². The summed E-state index contributed by atoms with van der Waals surface area (Å²) in [5, 5.41) is 3.39. The number of aromatic nitrogens is 2. The number of amides is 1. The molecule has 1 amide bonds. The summed E-state index contributed by atoms with van der Waals surface area (Å²) in [6.45, 7) is 6.94. The maximum atomic E-state index is 12.3. The van der Waals surface area contributed by atoms with Crippen LogP contribution in [-0.2, 0) is 11.3 Å². The lowest BCUT2D eigenvalue weighted by atomic mass is 9.95. The molecule has 3 aliphatic rings. The van der Waals surface area contributed by atoms with Gasteiger partial charge in [0, 0.05) is 56.1 Å². The van der Waals surface area contributed by atoms with Crippen molar-refractivity contribution >= 4 is 33.3 Å². The number of piperidine rings is 1. The van der Waals surface area contributed by atoms with Gasteiger partial charge < -0.3 is 19.6 Å². The lowest BCUT2D eigenvalue weighted by Crippen LogP contribution is -2.42. The zero-order chi connectivity index (χ0) is 25.4. The molecule has 0 aliphatic carbocycles. The van der Waals surface area contributed by atoms with Crippen molar-refractivity contribution in [3.8, 4) is 11.1 Å². The number of likely N-dealkylation sites (N-methyl/N-ethyl adjacent to an activating group) is 2. The highest BCUT2D eigenvalue weighted by Gasteiger charge is 2.29. The molecule has 37 heavy (non-hydrogen) atoms. The van der Waals surface area contributed by atoms with Crippen LogP contribution in [0.3, 0.4) is 0 Å². The number of fused-ring (bicyclic) bond motifs is 1. The lowest BCUT2D eigenvalue weighted by molar-refractivity contribution is -0.128. The van der Waals surface area contributed by atoms with Crippen molar-refractivity contribution in [3.05, 3.63) is 41.5 Å². The zero-order valence-electron chi connectivity index (χ0n) is 22.1. The topological polar surface area (TPSA) is 55.8 Å². The highest BCUT2D eigenvalue weighted by Crippen LogP contribution is 2.39. The number of likely N-dealkylation sites (tertiary alicyclic amines) is 2. The fourth-order valence-corrected chi connectivity index (χ4v) is 7.25. The SMILES string of the molecule is CN1CCC(N(C)CC2CCN(c3nc(CN4CCCC4=O)nc4scc(-c5ccccc5)c34)CC2)C1. The van der Waals surface area contributed by atoms with Gasteiger partial charge in [0.1, 0.15) is 10.6 Å². The van der Waals surface area contributed by atoms with Crippen LogP contribution in [-0.4, -0.2) is 90.0 Å². The molecule has 2 aromatic heterocycles. The maximum Gasteiger partial charge on any atom is 0.223 e. The molecule has 196 valence electrons. The van der Waals surface area contributed by atoms with Crippen LogP contribution in [0, 0.1) is 5.92 Å². The number of hydrogen-bond donors (Lipinski definition) is 0. The highest BCUT2D eigenvalue weighted by atomic mass is 32.1. The van der Waals surface area contributed by atoms with Gasteiger partial charge in [0.25, 0.3) is 0 Å². The molecule has 7 nitrogen and oxygen atoms in total. The molecular weight excluding hydrogens is 480 g/mol. The minimum Gasteiger partial charge on any atom is -0.356 e. The molecule has 0 spiro atoms. The summed E-state index contributed by atoms with van der Waals surface area (Å²) in [4.78, 5) is 32.9. The van der Waals surface area contributed by atoms with E-state index in [2.05, 4.69) is 64.5 Å². The Labute approximate surface area is 224 Å². The molecule has 0 N–H and O–H groups in total. The van der Waals surface area contributed by atoms with Crippen LogP contribution in [0.2, 0.25) is 0 Å². The van der Waals surface area contributed by atoms with Gasteiger partial charge in [-0.3, -0.25) is 4.79 Å². The number of carbonyl (C=O) groups excluding carboxylic acids is 1. The third-order valence-corrected chi connectivity index (χ3v) is 9.37. The van der Waals surface area contributed by atoms with Crippen LogP contribution in [0.4, 0.5) is 5.82 Å². The first-order chi connectivity index (χ1) is 18.0. The van der Waals surface area contributed by atoms with E-state index in [0.717, 1.165) is 53.8 Å². The molecule has 1 unspecified atom stereocenters. The second kappa shape index (κ2) is 10.7. The van der Waals surface area contributed by atoms with Crippen molar-refractivity contribution < 1.29 is 4.79 Å². The predicted molar refractivity (Wildman–Crippen MR) is 151 cm³/mol. The summed E-state index contributed by atoms with van der Waals surface area (Å²) in [7, 11) is 4.55. The Morgan fingerprint density at radius 2 is 1.86 bits per heavy atom. The number of hydrogen-bond acceptors (Lipinski definition) is 7. The minimum absolute atomic E-state index is 0.222. The van der Waals surface area contributed by atoms with E-state index in [9.17, 15) is 4.79 Å². The normalized spacial score (nSPS) is 21.7. The lowest BCUT2D eigenvalue weighted by Gasteiger charge is -2.36. The van der Waals surface area contributed by atoms with Crippen molar-refractivity contribution in [2.45, 2.75) is 44.7 Å². The van der Waals surface area contributed by atoms with Crippen LogP contribution in [0.15, 0.2) is 35.7 Å². The molecule has 0 radical (unpaired) electrons. The number of nitrogens with zero attached hydrogens (tertiary/aromatic N) is 6. The van der Waals surface area contributed by atoms with E-state index in [1.807, 2.05) is 4.90 Å². The molecule has 0 saturated carbocycles. The summed E-state index contributed by atoms with van der Waals surface area (Å²) >= 11 is 1.69. The Morgan fingerprint density at radius 3 is 2.57 bits per heavy atom. The van der Waals surface area contributed by atoms with E-state index in [1.165, 1.54) is 50.0 Å². The number of benzene rings is 1. The van der Waals surface area contributed by atoms with E-state index >= 15 is 0 Å². The monoisotopic (exact) mass is 518 g/mol. The number of rotatable bonds is 7. The first-order valence-corrected chi connectivity index (χ1v) is 14.7. The third-order valence-electron chi connectivity index (χ3n) is 8.50. The van der Waals surface area contributed by atoms with Crippen molar-refractivity contribution in [3.63, 3.8) is 0 Å². The number of thiophene rings is 1. The first kappa shape index (κ1) is 24.8. The Hall–Kier alpha value is -2.55. The molecule has 0 bridgehead atoms. The number of anilines is 1. The minimum atomic E-state index is 0.222. The van der Waals surface area contributed by atoms with Crippen LogP contribution in [0.1, 0.15) is 37.9 Å². The van der Waals surface area contributed by atoms with Crippen LogP contribution >= 0.6 is 11.3 Å². The van der Waals surface area contributed by atoms with E-state index < -0.39 is 0 Å². The molecule has 3 saturated heterocycles. The summed E-state index contributed by atoms with van der Waals surface area (Å²) in [6.07, 6.45) is 5.23. The van der Waals surface area contributed by atoms with E-state index in [-0.39, 0.29) is 5.91 Å². The Bertz CT molecular complexity index is 1240. The standard InChI is InChI=1S/C29H38N6OS/c1-32-14-12-23(18-32)33(2)17-21-10-15-34(16-11-21)28-27-24(22-7-4-3-5-8-22)20-37-29(27)31-25(30-28)19-35-13-6-9-26(35)36/h3-5,7-8,20-21,23H,6,9-19H2,1-2H3. The smallest absolute Gasteiger partial charge is 0.223 e. The van der Waals surface area contributed by atoms with E-state index in [0.29, 0.717) is 19.0 Å². The van der Waals surface area contributed by atoms with Gasteiger partial charge in [0.15, 0.2) is 5.82 Å². The van der Waals surface area contributed by atoms with E-state index in [1.54, 1.807) is 11.3 Å². The summed E-state index contributed by atoms with van der Waals surface area (Å²) in [5.74, 6) is 2.77. The molecule has 3 fully saturated rings. The fourth-order valence-electron chi connectivity index (χ4n) is 6.29. The largest absolute Gasteiger partial charge is 0.356 e. The molecule has 1 aromatic carbocycles. The average molecular weight is 519 g/mol. The Balaban J connectivity index is 1.25. The maximum absolute atomic E-state index is 12.3. The van der Waals surface area contributed by atoms with Gasteiger partial charge in [0.05, 0.1) is 11.9 Å². The van der Waals surface area contributed by atoms with Gasteiger partial charge in [-0.1, -0.05) is 30.3 Å². The molecule has 3 aromatic rings. The molecule has 8 heteroatoms. The van der Waals surface area contributed by atoms with Crippen molar-refractivity contribution in [2.75, 3.05) is 58.3 Å². The van der Waals surface area contributed by atoms with E-state index in [4.69, 9.17) is 9.97 Å². The molecule has 3 aliphatic heterocycles. The second-order valence-corrected chi connectivity index (χ2v) is 12.0. The van der Waals surface area contributed by atoms with Crippen molar-refractivity contribution in [2.24, 2.45) is 5.92 Å². The molecule has 6 rings (SSSR count). The Kier molecular flexibility index (Phi) is 7.14. The van der Waals surface area contributed by atoms with Crippen molar-refractivity contribution in [1.82, 2.24) is 24.7 Å². The summed E-state index contributed by atoms with van der Waals surface area (Å²) in [5.41, 5.74) is 2.42. The Morgan fingerprint density at radius 1 is 1.05 bits per heavy atom. The molecule has 1 atom stereocenters. The molecular formula is C29H38N6OS. The first-order valence-electron chi connectivity index (χ1n) is 13.8. The van der Waals surface area contributed by atoms with Crippen molar-refractivity contribution in [1.29, 1.82) is 0 Å². The van der Waals surface area contributed by atoms with Gasteiger partial charge in [-0.05, 0) is 57.8 Å². The number of carbonyl (C=O) groups is 1. The fraction of sp³-hybridized carbons (Fsp3) is 0.552.